The predicted octanol–water partition coefficient (Wildman–Crippen LogP) is 4.31. The minimum Gasteiger partial charge on any atom is -0.324 e. The average molecular weight is 402 g/mol. The zero-order valence-electron chi connectivity index (χ0n) is 15.3. The number of carbonyl (C=O) groups is 1. The van der Waals surface area contributed by atoms with Gasteiger partial charge in [-0.3, -0.25) is 0 Å². The Balaban J connectivity index is 1.50. The van der Waals surface area contributed by atoms with Gasteiger partial charge in [0.2, 0.25) is 0 Å². The number of likely N-dealkylation sites (tertiary alicyclic amines) is 1. The highest BCUT2D eigenvalue weighted by Crippen LogP contribution is 2.32. The summed E-state index contributed by atoms with van der Waals surface area (Å²) in [5, 5.41) is 6.68. The van der Waals surface area contributed by atoms with Gasteiger partial charge in [-0.1, -0.05) is 0 Å². The lowest BCUT2D eigenvalue weighted by Gasteiger charge is -2.17. The standard InChI is InChI=1S/C20H20F2N4OS/c1-23-10-12-6-7-26(11-12)20(27)24-14-3-5-18-17(9-14)25-19(28-18)13-2-4-15(21)16(22)8-13/h2-5,8-9,12,23H,6-7,10-11H2,1H3,(H,24,27). The van der Waals surface area contributed by atoms with E-state index < -0.39 is 11.6 Å². The van der Waals surface area contributed by atoms with E-state index in [1.807, 2.05) is 24.1 Å². The second kappa shape index (κ2) is 7.81. The van der Waals surface area contributed by atoms with Gasteiger partial charge in [0.05, 0.1) is 10.2 Å². The van der Waals surface area contributed by atoms with E-state index in [-0.39, 0.29) is 6.03 Å². The second-order valence-corrected chi connectivity index (χ2v) is 7.95. The zero-order valence-corrected chi connectivity index (χ0v) is 16.2. The van der Waals surface area contributed by atoms with Crippen molar-refractivity contribution in [2.45, 2.75) is 6.42 Å². The van der Waals surface area contributed by atoms with Crippen molar-refractivity contribution in [3.8, 4) is 10.6 Å². The lowest BCUT2D eigenvalue weighted by molar-refractivity contribution is 0.221. The van der Waals surface area contributed by atoms with Crippen LogP contribution < -0.4 is 10.6 Å². The van der Waals surface area contributed by atoms with Gasteiger partial charge in [-0.2, -0.15) is 0 Å². The maximum atomic E-state index is 13.5. The fourth-order valence-corrected chi connectivity index (χ4v) is 4.38. The minimum atomic E-state index is -0.896. The third-order valence-corrected chi connectivity index (χ3v) is 5.96. The summed E-state index contributed by atoms with van der Waals surface area (Å²) in [5.41, 5.74) is 1.90. The quantitative estimate of drug-likeness (QED) is 0.684. The number of amides is 2. The number of anilines is 1. The van der Waals surface area contributed by atoms with E-state index in [0.717, 1.165) is 42.9 Å². The van der Waals surface area contributed by atoms with Gasteiger partial charge in [-0.15, -0.1) is 11.3 Å². The van der Waals surface area contributed by atoms with Crippen LogP contribution in [0.15, 0.2) is 36.4 Å². The fraction of sp³-hybridized carbons (Fsp3) is 0.300. The Kier molecular flexibility index (Phi) is 5.23. The lowest BCUT2D eigenvalue weighted by atomic mass is 10.1. The van der Waals surface area contributed by atoms with Crippen LogP contribution in [0.25, 0.3) is 20.8 Å². The van der Waals surface area contributed by atoms with Gasteiger partial charge < -0.3 is 15.5 Å². The molecule has 2 N–H and O–H groups in total. The lowest BCUT2D eigenvalue weighted by Crippen LogP contribution is -2.33. The molecule has 3 aromatic rings. The van der Waals surface area contributed by atoms with Crippen LogP contribution in [0.4, 0.5) is 19.3 Å². The number of hydrogen-bond acceptors (Lipinski definition) is 4. The van der Waals surface area contributed by atoms with Crippen LogP contribution in [0, 0.1) is 17.6 Å². The molecule has 0 spiro atoms. The van der Waals surface area contributed by atoms with Crippen molar-refractivity contribution in [3.05, 3.63) is 48.0 Å². The van der Waals surface area contributed by atoms with Crippen molar-refractivity contribution < 1.29 is 13.6 Å². The van der Waals surface area contributed by atoms with Crippen LogP contribution in [0.3, 0.4) is 0 Å². The molecule has 5 nitrogen and oxygen atoms in total. The minimum absolute atomic E-state index is 0.117. The second-order valence-electron chi connectivity index (χ2n) is 6.92. The Morgan fingerprint density at radius 1 is 1.25 bits per heavy atom. The highest BCUT2D eigenvalue weighted by atomic mass is 32.1. The summed E-state index contributed by atoms with van der Waals surface area (Å²) in [5.74, 6) is -1.30. The molecule has 2 heterocycles. The molecule has 1 atom stereocenters. The number of nitrogens with zero attached hydrogens (tertiary/aromatic N) is 2. The largest absolute Gasteiger partial charge is 0.324 e. The molecule has 2 aromatic carbocycles. The third kappa shape index (κ3) is 3.83. The van der Waals surface area contributed by atoms with Gasteiger partial charge >= 0.3 is 6.03 Å². The normalized spacial score (nSPS) is 16.7. The Labute approximate surface area is 165 Å². The molecule has 1 saturated heterocycles. The Morgan fingerprint density at radius 3 is 2.89 bits per heavy atom. The van der Waals surface area contributed by atoms with Crippen molar-refractivity contribution in [1.29, 1.82) is 0 Å². The molecule has 1 aromatic heterocycles. The molecule has 1 unspecified atom stereocenters. The van der Waals surface area contributed by atoms with E-state index >= 15 is 0 Å². The summed E-state index contributed by atoms with van der Waals surface area (Å²) in [7, 11) is 1.92. The first-order chi connectivity index (χ1) is 13.5. The SMILES string of the molecule is CNCC1CCN(C(=O)Nc2ccc3sc(-c4ccc(F)c(F)c4)nc3c2)C1. The van der Waals surface area contributed by atoms with Crippen molar-refractivity contribution >= 4 is 33.3 Å². The van der Waals surface area contributed by atoms with Crippen LogP contribution in [-0.2, 0) is 0 Å². The van der Waals surface area contributed by atoms with E-state index in [2.05, 4.69) is 15.6 Å². The van der Waals surface area contributed by atoms with Gasteiger partial charge in [0.1, 0.15) is 5.01 Å². The molecule has 0 radical (unpaired) electrons. The van der Waals surface area contributed by atoms with Crippen molar-refractivity contribution in [1.82, 2.24) is 15.2 Å². The number of urea groups is 1. The summed E-state index contributed by atoms with van der Waals surface area (Å²) in [6, 6.07) is 9.13. The molecule has 146 valence electrons. The average Bonchev–Trinajstić information content (AvgIpc) is 3.31. The van der Waals surface area contributed by atoms with E-state index in [4.69, 9.17) is 0 Å². The van der Waals surface area contributed by atoms with Crippen LogP contribution in [0.2, 0.25) is 0 Å². The fourth-order valence-electron chi connectivity index (χ4n) is 3.43. The van der Waals surface area contributed by atoms with Gasteiger partial charge in [0.15, 0.2) is 11.6 Å². The Morgan fingerprint density at radius 2 is 2.11 bits per heavy atom. The van der Waals surface area contributed by atoms with Crippen molar-refractivity contribution in [3.63, 3.8) is 0 Å². The molecule has 1 aliphatic heterocycles. The number of aromatic nitrogens is 1. The number of hydrogen-bond donors (Lipinski definition) is 2. The monoisotopic (exact) mass is 402 g/mol. The summed E-state index contributed by atoms with van der Waals surface area (Å²) in [4.78, 5) is 18.8. The molecule has 2 amide bonds. The Bertz CT molecular complexity index is 1020. The number of carbonyl (C=O) groups excluding carboxylic acids is 1. The summed E-state index contributed by atoms with van der Waals surface area (Å²) in [6.45, 7) is 2.39. The molecular formula is C20H20F2N4OS. The summed E-state index contributed by atoms with van der Waals surface area (Å²) >= 11 is 1.39. The highest BCUT2D eigenvalue weighted by molar-refractivity contribution is 7.21. The first-order valence-corrected chi connectivity index (χ1v) is 9.91. The molecule has 4 rings (SSSR count). The number of benzene rings is 2. The van der Waals surface area contributed by atoms with Crippen LogP contribution >= 0.6 is 11.3 Å². The molecular weight excluding hydrogens is 382 g/mol. The number of fused-ring (bicyclic) bond motifs is 1. The molecule has 0 bridgehead atoms. The highest BCUT2D eigenvalue weighted by Gasteiger charge is 2.25. The molecule has 1 fully saturated rings. The summed E-state index contributed by atoms with van der Waals surface area (Å²) < 4.78 is 27.6. The van der Waals surface area contributed by atoms with E-state index in [9.17, 15) is 13.6 Å². The van der Waals surface area contributed by atoms with E-state index in [0.29, 0.717) is 27.7 Å². The third-order valence-electron chi connectivity index (χ3n) is 4.87. The molecule has 0 saturated carbocycles. The Hall–Kier alpha value is -2.58. The van der Waals surface area contributed by atoms with E-state index in [1.54, 1.807) is 6.07 Å². The smallest absolute Gasteiger partial charge is 0.321 e. The first-order valence-electron chi connectivity index (χ1n) is 9.10. The maximum Gasteiger partial charge on any atom is 0.321 e. The predicted molar refractivity (Wildman–Crippen MR) is 108 cm³/mol. The molecule has 0 aliphatic carbocycles. The maximum absolute atomic E-state index is 13.5. The molecule has 8 heteroatoms. The van der Waals surface area contributed by atoms with Crippen molar-refractivity contribution in [2.75, 3.05) is 32.0 Å². The number of halogens is 2. The van der Waals surface area contributed by atoms with Gasteiger partial charge in [-0.05, 0) is 62.3 Å². The van der Waals surface area contributed by atoms with Crippen molar-refractivity contribution in [2.24, 2.45) is 5.92 Å². The van der Waals surface area contributed by atoms with Crippen LogP contribution in [0.1, 0.15) is 6.42 Å². The number of rotatable bonds is 4. The van der Waals surface area contributed by atoms with Gasteiger partial charge in [0, 0.05) is 24.3 Å². The first kappa shape index (κ1) is 18.8. The summed E-state index contributed by atoms with van der Waals surface area (Å²) in [6.07, 6.45) is 0.997. The van der Waals surface area contributed by atoms with Gasteiger partial charge in [0.25, 0.3) is 0 Å². The van der Waals surface area contributed by atoms with Crippen LogP contribution in [0.5, 0.6) is 0 Å². The topological polar surface area (TPSA) is 57.3 Å². The van der Waals surface area contributed by atoms with Gasteiger partial charge in [-0.25, -0.2) is 18.6 Å². The number of thiazole rings is 1. The van der Waals surface area contributed by atoms with E-state index in [1.165, 1.54) is 17.4 Å². The molecule has 28 heavy (non-hydrogen) atoms. The molecule has 1 aliphatic rings. The zero-order chi connectivity index (χ0) is 19.7. The van der Waals surface area contributed by atoms with Crippen LogP contribution in [-0.4, -0.2) is 42.6 Å². The number of nitrogens with one attached hydrogen (secondary N) is 2.